The van der Waals surface area contributed by atoms with Crippen LogP contribution in [-0.4, -0.2) is 28.4 Å². The van der Waals surface area contributed by atoms with Crippen LogP contribution in [0.25, 0.3) is 11.0 Å². The van der Waals surface area contributed by atoms with Gasteiger partial charge in [0.25, 0.3) is 0 Å². The molecule has 0 aliphatic rings. The maximum Gasteiger partial charge on any atom is 0.138 e. The number of aliphatic hydroxyl groups is 1. The van der Waals surface area contributed by atoms with Gasteiger partial charge in [0.05, 0.1) is 23.7 Å². The highest BCUT2D eigenvalue weighted by Gasteiger charge is 2.21. The molecule has 0 aliphatic heterocycles. The van der Waals surface area contributed by atoms with E-state index in [0.29, 0.717) is 18.1 Å². The summed E-state index contributed by atoms with van der Waals surface area (Å²) in [6, 6.07) is 5.83. The predicted octanol–water partition coefficient (Wildman–Crippen LogP) is 2.66. The minimum atomic E-state index is -0.625. The summed E-state index contributed by atoms with van der Waals surface area (Å²) in [5.74, 6) is 0.668. The van der Waals surface area contributed by atoms with Crippen LogP contribution in [0.1, 0.15) is 44.7 Å². The van der Waals surface area contributed by atoms with Crippen molar-refractivity contribution in [3.05, 3.63) is 24.0 Å². The Morgan fingerprint density at radius 3 is 2.80 bits per heavy atom. The van der Waals surface area contributed by atoms with Gasteiger partial charge in [0.1, 0.15) is 11.9 Å². The van der Waals surface area contributed by atoms with Gasteiger partial charge in [-0.3, -0.25) is 0 Å². The SMILES string of the molecule is CCCC(COC)n1c(C(C)O)nc2cc(N)ccc21. The van der Waals surface area contributed by atoms with E-state index in [1.165, 1.54) is 0 Å². The number of methoxy groups -OCH3 is 1. The van der Waals surface area contributed by atoms with E-state index in [1.807, 2.05) is 18.2 Å². The molecule has 5 nitrogen and oxygen atoms in total. The molecule has 0 saturated carbocycles. The van der Waals surface area contributed by atoms with Crippen molar-refractivity contribution in [2.24, 2.45) is 0 Å². The maximum atomic E-state index is 10.0. The molecule has 2 rings (SSSR count). The van der Waals surface area contributed by atoms with E-state index in [-0.39, 0.29) is 6.04 Å². The average molecular weight is 277 g/mol. The minimum absolute atomic E-state index is 0.170. The first-order valence-corrected chi connectivity index (χ1v) is 7.02. The number of nitrogens with zero attached hydrogens (tertiary/aromatic N) is 2. The lowest BCUT2D eigenvalue weighted by molar-refractivity contribution is 0.138. The number of hydrogen-bond acceptors (Lipinski definition) is 4. The Bertz CT molecular complexity index is 572. The van der Waals surface area contributed by atoms with Gasteiger partial charge < -0.3 is 20.1 Å². The molecular formula is C15H23N3O2. The first-order chi connectivity index (χ1) is 9.58. The Hall–Kier alpha value is -1.59. The zero-order chi connectivity index (χ0) is 14.7. The predicted molar refractivity (Wildman–Crippen MR) is 80.6 cm³/mol. The number of nitrogens with two attached hydrogens (primary N) is 1. The first kappa shape index (κ1) is 14.8. The number of hydrogen-bond donors (Lipinski definition) is 2. The fraction of sp³-hybridized carbons (Fsp3) is 0.533. The van der Waals surface area contributed by atoms with Crippen LogP contribution in [0.15, 0.2) is 18.2 Å². The van der Waals surface area contributed by atoms with Gasteiger partial charge in [0.2, 0.25) is 0 Å². The highest BCUT2D eigenvalue weighted by Crippen LogP contribution is 2.28. The summed E-state index contributed by atoms with van der Waals surface area (Å²) in [5, 5.41) is 10.0. The number of imidazole rings is 1. The summed E-state index contributed by atoms with van der Waals surface area (Å²) in [5.41, 5.74) is 8.30. The maximum absolute atomic E-state index is 10.0. The Labute approximate surface area is 119 Å². The van der Waals surface area contributed by atoms with Gasteiger partial charge in [-0.05, 0) is 31.5 Å². The van der Waals surface area contributed by atoms with Gasteiger partial charge in [-0.1, -0.05) is 13.3 Å². The van der Waals surface area contributed by atoms with Crippen LogP contribution in [0, 0.1) is 0 Å². The first-order valence-electron chi connectivity index (χ1n) is 7.02. The van der Waals surface area contributed by atoms with Crippen LogP contribution in [0.3, 0.4) is 0 Å². The van der Waals surface area contributed by atoms with Crippen LogP contribution in [0.2, 0.25) is 0 Å². The molecular weight excluding hydrogens is 254 g/mol. The van der Waals surface area contributed by atoms with Crippen molar-refractivity contribution >= 4 is 16.7 Å². The Kier molecular flexibility index (Phi) is 4.62. The largest absolute Gasteiger partial charge is 0.399 e. The normalized spacial score (nSPS) is 14.6. The molecule has 0 spiro atoms. The van der Waals surface area contributed by atoms with Crippen molar-refractivity contribution in [3.63, 3.8) is 0 Å². The molecule has 0 fully saturated rings. The topological polar surface area (TPSA) is 73.3 Å². The molecule has 0 bridgehead atoms. The fourth-order valence-corrected chi connectivity index (χ4v) is 2.63. The molecule has 2 atom stereocenters. The van der Waals surface area contributed by atoms with Gasteiger partial charge in [0, 0.05) is 12.8 Å². The second-order valence-corrected chi connectivity index (χ2v) is 5.16. The van der Waals surface area contributed by atoms with Crippen molar-refractivity contribution in [3.8, 4) is 0 Å². The number of aliphatic hydroxyl groups excluding tert-OH is 1. The van der Waals surface area contributed by atoms with E-state index < -0.39 is 6.10 Å². The second-order valence-electron chi connectivity index (χ2n) is 5.16. The Morgan fingerprint density at radius 1 is 1.45 bits per heavy atom. The number of aromatic nitrogens is 2. The van der Waals surface area contributed by atoms with Crippen molar-refractivity contribution < 1.29 is 9.84 Å². The Balaban J connectivity index is 2.60. The van der Waals surface area contributed by atoms with Gasteiger partial charge in [0.15, 0.2) is 0 Å². The summed E-state index contributed by atoms with van der Waals surface area (Å²) in [7, 11) is 1.70. The molecule has 2 unspecified atom stereocenters. The third-order valence-electron chi connectivity index (χ3n) is 3.46. The molecule has 0 aliphatic carbocycles. The number of benzene rings is 1. The number of rotatable bonds is 6. The highest BCUT2D eigenvalue weighted by atomic mass is 16.5. The van der Waals surface area contributed by atoms with E-state index in [0.717, 1.165) is 23.9 Å². The van der Waals surface area contributed by atoms with E-state index in [4.69, 9.17) is 10.5 Å². The molecule has 2 aromatic rings. The third-order valence-corrected chi connectivity index (χ3v) is 3.46. The minimum Gasteiger partial charge on any atom is -0.399 e. The van der Waals surface area contributed by atoms with Crippen molar-refractivity contribution in [2.45, 2.75) is 38.8 Å². The summed E-state index contributed by atoms with van der Waals surface area (Å²) in [6.45, 7) is 4.47. The molecule has 3 N–H and O–H groups in total. The monoisotopic (exact) mass is 277 g/mol. The second kappa shape index (κ2) is 6.24. The number of ether oxygens (including phenoxy) is 1. The third kappa shape index (κ3) is 2.78. The zero-order valence-corrected chi connectivity index (χ0v) is 12.3. The van der Waals surface area contributed by atoms with Gasteiger partial charge in [-0.2, -0.15) is 0 Å². The molecule has 1 aromatic carbocycles. The Morgan fingerprint density at radius 2 is 2.20 bits per heavy atom. The van der Waals surface area contributed by atoms with E-state index in [2.05, 4.69) is 16.5 Å². The summed E-state index contributed by atoms with van der Waals surface area (Å²) in [6.07, 6.45) is 1.39. The smallest absolute Gasteiger partial charge is 0.138 e. The summed E-state index contributed by atoms with van der Waals surface area (Å²) < 4.78 is 7.42. The molecule has 20 heavy (non-hydrogen) atoms. The molecule has 0 radical (unpaired) electrons. The molecule has 110 valence electrons. The number of nitrogen functional groups attached to an aromatic ring is 1. The number of anilines is 1. The standard InChI is InChI=1S/C15H23N3O2/c1-4-5-12(9-20-3)18-14-7-6-11(16)8-13(14)17-15(18)10(2)19/h6-8,10,12,19H,4-5,9,16H2,1-3H3. The lowest BCUT2D eigenvalue weighted by Crippen LogP contribution is -2.18. The van der Waals surface area contributed by atoms with Crippen LogP contribution in [0.4, 0.5) is 5.69 Å². The fourth-order valence-electron chi connectivity index (χ4n) is 2.63. The van der Waals surface area contributed by atoms with Gasteiger partial charge in [-0.25, -0.2) is 4.98 Å². The van der Waals surface area contributed by atoms with E-state index >= 15 is 0 Å². The van der Waals surface area contributed by atoms with Crippen LogP contribution >= 0.6 is 0 Å². The molecule has 5 heteroatoms. The lowest BCUT2D eigenvalue weighted by atomic mass is 10.1. The van der Waals surface area contributed by atoms with E-state index in [9.17, 15) is 5.11 Å². The lowest BCUT2D eigenvalue weighted by Gasteiger charge is -2.21. The average Bonchev–Trinajstić information content (AvgIpc) is 2.77. The van der Waals surface area contributed by atoms with Crippen LogP contribution < -0.4 is 5.73 Å². The molecule has 1 aromatic heterocycles. The van der Waals surface area contributed by atoms with Crippen molar-refractivity contribution in [1.29, 1.82) is 0 Å². The number of fused-ring (bicyclic) bond motifs is 1. The van der Waals surface area contributed by atoms with Crippen molar-refractivity contribution in [2.75, 3.05) is 19.5 Å². The molecule has 0 amide bonds. The van der Waals surface area contributed by atoms with Gasteiger partial charge in [-0.15, -0.1) is 0 Å². The van der Waals surface area contributed by atoms with E-state index in [1.54, 1.807) is 14.0 Å². The van der Waals surface area contributed by atoms with Crippen LogP contribution in [0.5, 0.6) is 0 Å². The quantitative estimate of drug-likeness (QED) is 0.796. The summed E-state index contributed by atoms with van der Waals surface area (Å²) in [4.78, 5) is 4.54. The van der Waals surface area contributed by atoms with Crippen LogP contribution in [-0.2, 0) is 4.74 Å². The van der Waals surface area contributed by atoms with Crippen molar-refractivity contribution in [1.82, 2.24) is 9.55 Å². The molecule has 0 saturated heterocycles. The zero-order valence-electron chi connectivity index (χ0n) is 12.3. The van der Waals surface area contributed by atoms with Gasteiger partial charge >= 0.3 is 0 Å². The summed E-state index contributed by atoms with van der Waals surface area (Å²) >= 11 is 0. The highest BCUT2D eigenvalue weighted by molar-refractivity contribution is 5.80. The molecule has 1 heterocycles.